The van der Waals surface area contributed by atoms with Crippen LogP contribution in [0.4, 0.5) is 0 Å². The molecule has 0 aromatic heterocycles. The molecule has 4 rings (SSSR count). The lowest BCUT2D eigenvalue weighted by molar-refractivity contribution is -0.138. The summed E-state index contributed by atoms with van der Waals surface area (Å²) in [6, 6.07) is 7.83. The van der Waals surface area contributed by atoms with Gasteiger partial charge in [0, 0.05) is 58.9 Å². The van der Waals surface area contributed by atoms with Crippen molar-refractivity contribution in [1.82, 2.24) is 19.6 Å². The van der Waals surface area contributed by atoms with E-state index in [1.165, 1.54) is 4.90 Å². The first kappa shape index (κ1) is 22.0. The van der Waals surface area contributed by atoms with Gasteiger partial charge >= 0.3 is 0 Å². The van der Waals surface area contributed by atoms with Crippen LogP contribution in [-0.4, -0.2) is 115 Å². The Morgan fingerprint density at radius 1 is 0.839 bits per heavy atom. The van der Waals surface area contributed by atoms with E-state index in [0.29, 0.717) is 57.2 Å². The number of benzene rings is 1. The molecule has 0 spiro atoms. The Hall–Kier alpha value is -2.26. The summed E-state index contributed by atoms with van der Waals surface area (Å²) in [5.41, 5.74) is 2.96. The normalized spacial score (nSPS) is 21.5. The molecule has 31 heavy (non-hydrogen) atoms. The highest BCUT2D eigenvalue weighted by Gasteiger charge is 2.42. The first-order valence-corrected chi connectivity index (χ1v) is 11.1. The molecule has 0 unspecified atom stereocenters. The highest BCUT2D eigenvalue weighted by Crippen LogP contribution is 2.32. The molecule has 3 aliphatic heterocycles. The SMILES string of the molecule is Cc1ccc(C2=C(N3CCN(CCO)CC3)C(=O)N(CCN3CCOCC3)C2=O)cc1. The fourth-order valence-electron chi connectivity index (χ4n) is 4.44. The number of hydrogen-bond acceptors (Lipinski definition) is 7. The number of carbonyl (C=O) groups is 2. The third-order valence-electron chi connectivity index (χ3n) is 6.33. The molecule has 3 aliphatic rings. The Labute approximate surface area is 183 Å². The molecule has 1 aromatic rings. The number of aliphatic hydroxyl groups excluding tert-OH is 1. The average molecular weight is 429 g/mol. The molecule has 0 bridgehead atoms. The van der Waals surface area contributed by atoms with Gasteiger partial charge in [-0.3, -0.25) is 24.3 Å². The first-order valence-electron chi connectivity index (χ1n) is 11.1. The third kappa shape index (κ3) is 4.82. The van der Waals surface area contributed by atoms with E-state index in [9.17, 15) is 14.7 Å². The number of aliphatic hydroxyl groups is 1. The highest BCUT2D eigenvalue weighted by atomic mass is 16.5. The minimum atomic E-state index is -0.199. The summed E-state index contributed by atoms with van der Waals surface area (Å²) in [5.74, 6) is -0.389. The number of amides is 2. The van der Waals surface area contributed by atoms with Gasteiger partial charge in [0.1, 0.15) is 5.70 Å². The largest absolute Gasteiger partial charge is 0.395 e. The fourth-order valence-corrected chi connectivity index (χ4v) is 4.44. The van der Waals surface area contributed by atoms with Crippen LogP contribution >= 0.6 is 0 Å². The molecule has 0 saturated carbocycles. The second kappa shape index (κ2) is 9.91. The average Bonchev–Trinajstić information content (AvgIpc) is 3.04. The minimum absolute atomic E-state index is 0.129. The van der Waals surface area contributed by atoms with E-state index in [0.717, 1.165) is 37.3 Å². The maximum Gasteiger partial charge on any atom is 0.277 e. The number of β-amino-alcohol motifs (C(OH)–C–C–N with tert-alkyl or cyclic N) is 1. The molecule has 0 atom stereocenters. The molecule has 3 heterocycles. The third-order valence-corrected chi connectivity index (χ3v) is 6.33. The molecule has 2 saturated heterocycles. The van der Waals surface area contributed by atoms with Crippen LogP contribution < -0.4 is 0 Å². The molecule has 0 aliphatic carbocycles. The summed E-state index contributed by atoms with van der Waals surface area (Å²) in [6.07, 6.45) is 0. The van der Waals surface area contributed by atoms with E-state index in [2.05, 4.69) is 14.7 Å². The number of ether oxygens (including phenoxy) is 1. The molecule has 168 valence electrons. The van der Waals surface area contributed by atoms with Crippen molar-refractivity contribution in [1.29, 1.82) is 0 Å². The van der Waals surface area contributed by atoms with Gasteiger partial charge in [-0.2, -0.15) is 0 Å². The van der Waals surface area contributed by atoms with E-state index in [1.807, 2.05) is 31.2 Å². The number of nitrogens with zero attached hydrogens (tertiary/aromatic N) is 4. The van der Waals surface area contributed by atoms with Crippen LogP contribution in [0, 0.1) is 6.92 Å². The first-order chi connectivity index (χ1) is 15.1. The van der Waals surface area contributed by atoms with E-state index >= 15 is 0 Å². The van der Waals surface area contributed by atoms with E-state index < -0.39 is 0 Å². The Bertz CT molecular complexity index is 824. The summed E-state index contributed by atoms with van der Waals surface area (Å²) >= 11 is 0. The van der Waals surface area contributed by atoms with E-state index in [-0.39, 0.29) is 18.4 Å². The molecule has 1 aromatic carbocycles. The fraction of sp³-hybridized carbons (Fsp3) is 0.565. The maximum atomic E-state index is 13.5. The zero-order valence-electron chi connectivity index (χ0n) is 18.3. The summed E-state index contributed by atoms with van der Waals surface area (Å²) < 4.78 is 5.40. The Balaban J connectivity index is 1.56. The number of hydrogen-bond donors (Lipinski definition) is 1. The molecule has 2 amide bonds. The van der Waals surface area contributed by atoms with Crippen molar-refractivity contribution in [3.8, 4) is 0 Å². The summed E-state index contributed by atoms with van der Waals surface area (Å²) in [6.45, 7) is 9.73. The van der Waals surface area contributed by atoms with Gasteiger partial charge in [0.2, 0.25) is 0 Å². The topological polar surface area (TPSA) is 76.6 Å². The van der Waals surface area contributed by atoms with Gasteiger partial charge in [-0.05, 0) is 12.5 Å². The smallest absolute Gasteiger partial charge is 0.277 e. The molecule has 2 fully saturated rings. The summed E-state index contributed by atoms with van der Waals surface area (Å²) in [7, 11) is 0. The Morgan fingerprint density at radius 3 is 2.13 bits per heavy atom. The van der Waals surface area contributed by atoms with Crippen LogP contribution in [0.15, 0.2) is 30.0 Å². The van der Waals surface area contributed by atoms with Crippen molar-refractivity contribution in [2.24, 2.45) is 0 Å². The molecular weight excluding hydrogens is 396 g/mol. The van der Waals surface area contributed by atoms with Crippen molar-refractivity contribution in [2.75, 3.05) is 78.7 Å². The Kier molecular flexibility index (Phi) is 7.02. The lowest BCUT2D eigenvalue weighted by Crippen LogP contribution is -2.48. The molecule has 8 nitrogen and oxygen atoms in total. The van der Waals surface area contributed by atoms with Crippen LogP contribution in [0.5, 0.6) is 0 Å². The van der Waals surface area contributed by atoms with Gasteiger partial charge in [-0.25, -0.2) is 0 Å². The lowest BCUT2D eigenvalue weighted by Gasteiger charge is -2.36. The second-order valence-corrected chi connectivity index (χ2v) is 8.36. The molecule has 1 N–H and O–H groups in total. The Morgan fingerprint density at radius 2 is 1.48 bits per heavy atom. The van der Waals surface area contributed by atoms with Crippen molar-refractivity contribution in [2.45, 2.75) is 6.92 Å². The van der Waals surface area contributed by atoms with Gasteiger partial charge in [-0.1, -0.05) is 29.8 Å². The van der Waals surface area contributed by atoms with E-state index in [1.54, 1.807) is 0 Å². The summed E-state index contributed by atoms with van der Waals surface area (Å²) in [5, 5.41) is 9.21. The number of rotatable bonds is 7. The van der Waals surface area contributed by atoms with Gasteiger partial charge in [-0.15, -0.1) is 0 Å². The van der Waals surface area contributed by atoms with Crippen LogP contribution in [0.3, 0.4) is 0 Å². The zero-order chi connectivity index (χ0) is 21.8. The quantitative estimate of drug-likeness (QED) is 0.614. The number of carbonyl (C=O) groups excluding carboxylic acids is 2. The van der Waals surface area contributed by atoms with Crippen molar-refractivity contribution >= 4 is 17.4 Å². The van der Waals surface area contributed by atoms with Crippen molar-refractivity contribution < 1.29 is 19.4 Å². The zero-order valence-corrected chi connectivity index (χ0v) is 18.3. The minimum Gasteiger partial charge on any atom is -0.395 e. The lowest BCUT2D eigenvalue weighted by atomic mass is 10.0. The van der Waals surface area contributed by atoms with Crippen LogP contribution in [-0.2, 0) is 14.3 Å². The van der Waals surface area contributed by atoms with Crippen molar-refractivity contribution in [3.05, 3.63) is 41.1 Å². The molecule has 8 heteroatoms. The van der Waals surface area contributed by atoms with Gasteiger partial charge in [0.25, 0.3) is 11.8 Å². The standard InChI is InChI=1S/C23H32N4O4/c1-18-2-4-19(5-3-18)20-21(26-9-6-24(7-10-26)12-15-28)23(30)27(22(20)29)11-8-25-13-16-31-17-14-25/h2-5,28H,6-17H2,1H3. The van der Waals surface area contributed by atoms with Gasteiger partial charge < -0.3 is 14.7 Å². The molecule has 0 radical (unpaired) electrons. The van der Waals surface area contributed by atoms with E-state index in [4.69, 9.17) is 4.74 Å². The maximum absolute atomic E-state index is 13.5. The van der Waals surface area contributed by atoms with Crippen LogP contribution in [0.2, 0.25) is 0 Å². The second-order valence-electron chi connectivity index (χ2n) is 8.36. The van der Waals surface area contributed by atoms with Crippen LogP contribution in [0.1, 0.15) is 11.1 Å². The highest BCUT2D eigenvalue weighted by molar-refractivity contribution is 6.35. The van der Waals surface area contributed by atoms with Crippen molar-refractivity contribution in [3.63, 3.8) is 0 Å². The molecular formula is C23H32N4O4. The number of morpholine rings is 1. The predicted molar refractivity (Wildman–Crippen MR) is 117 cm³/mol. The monoisotopic (exact) mass is 428 g/mol. The number of piperazine rings is 1. The van der Waals surface area contributed by atoms with Gasteiger partial charge in [0.15, 0.2) is 0 Å². The predicted octanol–water partition coefficient (Wildman–Crippen LogP) is 0.0170. The van der Waals surface area contributed by atoms with Crippen LogP contribution in [0.25, 0.3) is 5.57 Å². The summed E-state index contributed by atoms with van der Waals surface area (Å²) in [4.78, 5) is 34.8. The number of aryl methyl sites for hydroxylation is 1. The number of imide groups is 1. The van der Waals surface area contributed by atoms with Gasteiger partial charge in [0.05, 0.1) is 25.4 Å².